The van der Waals surface area contributed by atoms with Crippen molar-refractivity contribution in [1.82, 2.24) is 14.4 Å². The van der Waals surface area contributed by atoms with Crippen molar-refractivity contribution in [1.29, 1.82) is 0 Å². The lowest BCUT2D eigenvalue weighted by Crippen LogP contribution is -2.29. The predicted octanol–water partition coefficient (Wildman–Crippen LogP) is 2.30. The predicted molar refractivity (Wildman–Crippen MR) is 116 cm³/mol. The van der Waals surface area contributed by atoms with Crippen LogP contribution in [0.5, 0.6) is 5.75 Å². The largest absolute Gasteiger partial charge is 0.492 e. The average molecular weight is 449 g/mol. The first kappa shape index (κ1) is 23.9. The first-order valence-electron chi connectivity index (χ1n) is 10.6. The summed E-state index contributed by atoms with van der Waals surface area (Å²) in [4.78, 5) is 29.4. The van der Waals surface area contributed by atoms with Crippen LogP contribution in [0.25, 0.3) is 0 Å². The number of methoxy groups -OCH3 is 1. The third kappa shape index (κ3) is 5.92. The molecule has 0 unspecified atom stereocenters. The Hall–Kier alpha value is -2.78. The molecule has 1 aromatic heterocycles. The van der Waals surface area contributed by atoms with Gasteiger partial charge in [0.15, 0.2) is 0 Å². The number of fused-ring (bicyclic) bond motifs is 1. The van der Waals surface area contributed by atoms with Crippen molar-refractivity contribution in [2.75, 3.05) is 47.4 Å². The van der Waals surface area contributed by atoms with Gasteiger partial charge >= 0.3 is 5.97 Å². The zero-order valence-electron chi connectivity index (χ0n) is 18.7. The van der Waals surface area contributed by atoms with Gasteiger partial charge in [-0.05, 0) is 38.2 Å². The van der Waals surface area contributed by atoms with E-state index in [1.165, 1.54) is 25.3 Å². The fraction of sp³-hybridized carbons (Fsp3) is 0.478. The molecule has 2 aromatic rings. The second-order valence-electron chi connectivity index (χ2n) is 8.12. The summed E-state index contributed by atoms with van der Waals surface area (Å²) in [5.41, 5.74) is 1.07. The van der Waals surface area contributed by atoms with Crippen molar-refractivity contribution >= 4 is 5.97 Å². The smallest absolute Gasteiger partial charge is 0.343 e. The first-order valence-corrected chi connectivity index (χ1v) is 10.6. The number of ether oxygens (including phenoxy) is 2. The molecule has 0 spiro atoms. The summed E-state index contributed by atoms with van der Waals surface area (Å²) in [5, 5.41) is 0. The van der Waals surface area contributed by atoms with E-state index in [0.717, 1.165) is 19.0 Å². The van der Waals surface area contributed by atoms with E-state index in [1.807, 2.05) is 23.9 Å². The van der Waals surface area contributed by atoms with Crippen LogP contribution in [0.3, 0.4) is 0 Å². The Kier molecular flexibility index (Phi) is 7.98. The number of carbonyl (C=O) groups excluding carboxylic acids is 1. The zero-order valence-corrected chi connectivity index (χ0v) is 18.7. The molecule has 7 nitrogen and oxygen atoms in total. The molecule has 9 heteroatoms. The van der Waals surface area contributed by atoms with Crippen LogP contribution < -0.4 is 10.3 Å². The van der Waals surface area contributed by atoms with Gasteiger partial charge in [0.05, 0.1) is 13.7 Å². The summed E-state index contributed by atoms with van der Waals surface area (Å²) in [5.74, 6) is -1.58. The Morgan fingerprint density at radius 1 is 1.09 bits per heavy atom. The molecule has 174 valence electrons. The van der Waals surface area contributed by atoms with E-state index in [9.17, 15) is 18.4 Å². The average Bonchev–Trinajstić information content (AvgIpc) is 2.93. The van der Waals surface area contributed by atoms with Crippen molar-refractivity contribution < 1.29 is 23.0 Å². The highest BCUT2D eigenvalue weighted by Gasteiger charge is 2.26. The minimum atomic E-state index is -0.627. The fourth-order valence-electron chi connectivity index (χ4n) is 3.91. The lowest BCUT2D eigenvalue weighted by atomic mass is 10.1. The van der Waals surface area contributed by atoms with Gasteiger partial charge in [-0.2, -0.15) is 0 Å². The van der Waals surface area contributed by atoms with Crippen LogP contribution in [0.2, 0.25) is 0 Å². The van der Waals surface area contributed by atoms with Crippen LogP contribution in [0.15, 0.2) is 29.1 Å². The number of benzene rings is 1. The molecule has 0 N–H and O–H groups in total. The maximum absolute atomic E-state index is 13.6. The second kappa shape index (κ2) is 10.7. The molecule has 0 saturated heterocycles. The monoisotopic (exact) mass is 449 g/mol. The normalized spacial score (nSPS) is 14.2. The highest BCUT2D eigenvalue weighted by atomic mass is 19.1. The van der Waals surface area contributed by atoms with Gasteiger partial charge in [0, 0.05) is 57.0 Å². The number of pyridine rings is 1. The number of rotatable bonds is 8. The Morgan fingerprint density at radius 2 is 1.81 bits per heavy atom. The van der Waals surface area contributed by atoms with Gasteiger partial charge in [0.25, 0.3) is 5.56 Å². The molecule has 0 atom stereocenters. The van der Waals surface area contributed by atoms with E-state index in [2.05, 4.69) is 0 Å². The van der Waals surface area contributed by atoms with Gasteiger partial charge < -0.3 is 18.9 Å². The zero-order chi connectivity index (χ0) is 23.3. The molecule has 0 amide bonds. The van der Waals surface area contributed by atoms with Crippen LogP contribution in [0.4, 0.5) is 8.78 Å². The third-order valence-corrected chi connectivity index (χ3v) is 5.41. The van der Waals surface area contributed by atoms with Crippen molar-refractivity contribution in [3.8, 4) is 5.75 Å². The van der Waals surface area contributed by atoms with Crippen molar-refractivity contribution in [3.63, 3.8) is 0 Å². The number of hydrogen-bond donors (Lipinski definition) is 0. The molecule has 2 heterocycles. The first-order chi connectivity index (χ1) is 15.3. The molecule has 1 aliphatic rings. The Bertz CT molecular complexity index is 1000. The summed E-state index contributed by atoms with van der Waals surface area (Å²) in [6.45, 7) is 2.85. The Labute approximate surface area is 186 Å². The topological polar surface area (TPSA) is 64.0 Å². The van der Waals surface area contributed by atoms with Crippen LogP contribution in [0.1, 0.15) is 28.0 Å². The third-order valence-electron chi connectivity index (χ3n) is 5.41. The summed E-state index contributed by atoms with van der Waals surface area (Å²) < 4.78 is 39.5. The molecule has 1 aromatic carbocycles. The molecule has 0 fully saturated rings. The minimum Gasteiger partial charge on any atom is -0.492 e. The maximum atomic E-state index is 13.6. The standard InChI is InChI=1S/C23H29F2N3O4/c1-26(2)6-4-10-32-20-14-21(29)28-9-8-27(7-5-19(28)22(20)23(30)31-3)15-16-11-17(24)13-18(25)12-16/h11-14H,4-10,15H2,1-3H3. The van der Waals surface area contributed by atoms with Gasteiger partial charge in [-0.1, -0.05) is 0 Å². The van der Waals surface area contributed by atoms with Gasteiger partial charge in [0.2, 0.25) is 0 Å². The van der Waals surface area contributed by atoms with E-state index in [4.69, 9.17) is 9.47 Å². The fourth-order valence-corrected chi connectivity index (χ4v) is 3.91. The van der Waals surface area contributed by atoms with Crippen LogP contribution in [0, 0.1) is 11.6 Å². The summed E-state index contributed by atoms with van der Waals surface area (Å²) in [7, 11) is 5.21. The Balaban J connectivity index is 1.83. The molecule has 3 rings (SSSR count). The van der Waals surface area contributed by atoms with Gasteiger partial charge in [0.1, 0.15) is 22.9 Å². The maximum Gasteiger partial charge on any atom is 0.343 e. The molecule has 0 aliphatic carbocycles. The SMILES string of the molecule is COC(=O)c1c(OCCCN(C)C)cc(=O)n2c1CCN(Cc1cc(F)cc(F)c1)CC2. The molecule has 0 saturated carbocycles. The molecular formula is C23H29F2N3O4. The van der Waals surface area contributed by atoms with Crippen molar-refractivity contribution in [2.45, 2.75) is 25.9 Å². The highest BCUT2D eigenvalue weighted by Crippen LogP contribution is 2.24. The highest BCUT2D eigenvalue weighted by molar-refractivity contribution is 5.93. The van der Waals surface area contributed by atoms with Crippen LogP contribution in [-0.2, 0) is 24.2 Å². The van der Waals surface area contributed by atoms with Gasteiger partial charge in [-0.3, -0.25) is 9.69 Å². The van der Waals surface area contributed by atoms with E-state index >= 15 is 0 Å². The molecule has 1 aliphatic heterocycles. The van der Waals surface area contributed by atoms with E-state index in [0.29, 0.717) is 50.5 Å². The van der Waals surface area contributed by atoms with E-state index < -0.39 is 17.6 Å². The molecule has 0 bridgehead atoms. The lowest BCUT2D eigenvalue weighted by Gasteiger charge is -2.19. The quantitative estimate of drug-likeness (QED) is 0.455. The number of halogens is 2. The number of nitrogens with zero attached hydrogens (tertiary/aromatic N) is 3. The van der Waals surface area contributed by atoms with E-state index in [-0.39, 0.29) is 16.9 Å². The van der Waals surface area contributed by atoms with Crippen LogP contribution in [-0.4, -0.2) is 67.8 Å². The summed E-state index contributed by atoms with van der Waals surface area (Å²) in [6.07, 6.45) is 1.14. The van der Waals surface area contributed by atoms with Gasteiger partial charge in [-0.15, -0.1) is 0 Å². The molecule has 32 heavy (non-hydrogen) atoms. The second-order valence-corrected chi connectivity index (χ2v) is 8.12. The number of aromatic nitrogens is 1. The number of esters is 1. The molecule has 0 radical (unpaired) electrons. The Morgan fingerprint density at radius 3 is 2.47 bits per heavy atom. The lowest BCUT2D eigenvalue weighted by molar-refractivity contribution is 0.0593. The summed E-state index contributed by atoms with van der Waals surface area (Å²) in [6, 6.07) is 4.77. The minimum absolute atomic E-state index is 0.229. The van der Waals surface area contributed by atoms with Crippen molar-refractivity contribution in [2.24, 2.45) is 0 Å². The molecular weight excluding hydrogens is 420 g/mol. The van der Waals surface area contributed by atoms with E-state index in [1.54, 1.807) is 4.57 Å². The number of carbonyl (C=O) groups is 1. The van der Waals surface area contributed by atoms with Crippen LogP contribution >= 0.6 is 0 Å². The number of hydrogen-bond acceptors (Lipinski definition) is 6. The summed E-state index contributed by atoms with van der Waals surface area (Å²) >= 11 is 0. The van der Waals surface area contributed by atoms with Crippen molar-refractivity contribution in [3.05, 3.63) is 63.1 Å². The van der Waals surface area contributed by atoms with Gasteiger partial charge in [-0.25, -0.2) is 13.6 Å².